The Kier molecular flexibility index (Phi) is 5.48. The Labute approximate surface area is 177 Å². The number of rotatable bonds is 4. The summed E-state index contributed by atoms with van der Waals surface area (Å²) in [5.41, 5.74) is -1.32. The Balaban J connectivity index is 1.41. The number of hydrogen-bond acceptors (Lipinski definition) is 5. The molecular formula is C22H21F3N4O2. The number of pyridine rings is 1. The van der Waals surface area contributed by atoms with Crippen LogP contribution >= 0.6 is 0 Å². The zero-order valence-corrected chi connectivity index (χ0v) is 16.7. The summed E-state index contributed by atoms with van der Waals surface area (Å²) in [6.07, 6.45) is -2.38. The number of benzene rings is 1. The largest absolute Gasteiger partial charge is 0.477 e. The average molecular weight is 430 g/mol. The van der Waals surface area contributed by atoms with E-state index in [2.05, 4.69) is 4.98 Å². The molecule has 0 spiro atoms. The van der Waals surface area contributed by atoms with Crippen LogP contribution in [0.4, 0.5) is 19.0 Å². The molecular weight excluding hydrogens is 409 g/mol. The van der Waals surface area contributed by atoms with Crippen LogP contribution in [-0.2, 0) is 11.0 Å². The number of halogens is 3. The monoisotopic (exact) mass is 430 g/mol. The van der Waals surface area contributed by atoms with E-state index in [-0.39, 0.29) is 11.7 Å². The van der Waals surface area contributed by atoms with E-state index >= 15 is 0 Å². The van der Waals surface area contributed by atoms with Crippen LogP contribution in [0.3, 0.4) is 0 Å². The number of carbonyl (C=O) groups excluding carboxylic acids is 1. The predicted molar refractivity (Wildman–Crippen MR) is 106 cm³/mol. The number of amides is 1. The molecule has 2 heterocycles. The number of piperazine rings is 1. The quantitative estimate of drug-likeness (QED) is 0.741. The van der Waals surface area contributed by atoms with Gasteiger partial charge in [-0.05, 0) is 55.7 Å². The predicted octanol–water partition coefficient (Wildman–Crippen LogP) is 3.62. The summed E-state index contributed by atoms with van der Waals surface area (Å²) in [6, 6.07) is 12.5. The molecule has 4 rings (SSSR count). The first-order valence-corrected chi connectivity index (χ1v) is 10.1. The van der Waals surface area contributed by atoms with E-state index in [4.69, 9.17) is 10.00 Å². The molecule has 2 fully saturated rings. The van der Waals surface area contributed by atoms with E-state index in [0.717, 1.165) is 12.5 Å². The Morgan fingerprint density at radius 1 is 1.06 bits per heavy atom. The van der Waals surface area contributed by atoms with Crippen LogP contribution in [0, 0.1) is 11.3 Å². The molecule has 1 aliphatic heterocycles. The van der Waals surface area contributed by atoms with Gasteiger partial charge in [0, 0.05) is 26.2 Å². The van der Waals surface area contributed by atoms with E-state index in [9.17, 15) is 18.0 Å². The van der Waals surface area contributed by atoms with Crippen LogP contribution in [0.1, 0.15) is 30.5 Å². The summed E-state index contributed by atoms with van der Waals surface area (Å²) >= 11 is 0. The summed E-state index contributed by atoms with van der Waals surface area (Å²) in [6.45, 7) is 1.56. The highest BCUT2D eigenvalue weighted by Gasteiger charge is 2.49. The van der Waals surface area contributed by atoms with Crippen molar-refractivity contribution in [2.24, 2.45) is 0 Å². The third kappa shape index (κ3) is 4.29. The number of anilines is 1. The molecule has 1 saturated carbocycles. The van der Waals surface area contributed by atoms with Gasteiger partial charge in [-0.2, -0.15) is 18.4 Å². The molecule has 31 heavy (non-hydrogen) atoms. The van der Waals surface area contributed by atoms with Crippen LogP contribution in [0.15, 0.2) is 42.5 Å². The molecule has 0 radical (unpaired) electrons. The lowest BCUT2D eigenvalue weighted by atomic mass is 9.78. The lowest BCUT2D eigenvalue weighted by Crippen LogP contribution is -2.60. The standard InChI is InChI=1S/C22H21F3N4O2/c23-22(24,25)18-3-1-4-19(27-18)28-11-13-29(14-12-28)20(30)21(9-2-10-21)31-17-7-5-16(15-26)6-8-17/h1,3-8H,2,9-14H2. The first-order chi connectivity index (χ1) is 14.8. The van der Waals surface area contributed by atoms with Gasteiger partial charge in [-0.25, -0.2) is 4.98 Å². The van der Waals surface area contributed by atoms with Gasteiger partial charge in [-0.3, -0.25) is 4.79 Å². The van der Waals surface area contributed by atoms with Crippen molar-refractivity contribution in [3.05, 3.63) is 53.7 Å². The van der Waals surface area contributed by atoms with Crippen LogP contribution in [0.25, 0.3) is 0 Å². The van der Waals surface area contributed by atoms with Gasteiger partial charge in [-0.15, -0.1) is 0 Å². The maximum atomic E-state index is 13.2. The second-order valence-corrected chi connectivity index (χ2v) is 7.74. The summed E-state index contributed by atoms with van der Waals surface area (Å²) in [7, 11) is 0. The van der Waals surface area contributed by atoms with Crippen molar-refractivity contribution >= 4 is 11.7 Å². The number of nitriles is 1. The molecule has 0 unspecified atom stereocenters. The van der Waals surface area contributed by atoms with E-state index in [1.165, 1.54) is 6.07 Å². The number of carbonyl (C=O) groups is 1. The molecule has 1 aromatic carbocycles. The fourth-order valence-corrected chi connectivity index (χ4v) is 3.86. The topological polar surface area (TPSA) is 69.5 Å². The summed E-state index contributed by atoms with van der Waals surface area (Å²) in [5, 5.41) is 8.92. The maximum absolute atomic E-state index is 13.2. The van der Waals surface area contributed by atoms with Gasteiger partial charge in [0.1, 0.15) is 17.3 Å². The molecule has 6 nitrogen and oxygen atoms in total. The number of nitrogens with zero attached hydrogens (tertiary/aromatic N) is 4. The third-order valence-corrected chi connectivity index (χ3v) is 5.76. The zero-order chi connectivity index (χ0) is 22.1. The smallest absolute Gasteiger partial charge is 0.433 e. The molecule has 1 amide bonds. The highest BCUT2D eigenvalue weighted by molar-refractivity contribution is 5.87. The number of aromatic nitrogens is 1. The van der Waals surface area contributed by atoms with Crippen molar-refractivity contribution in [3.8, 4) is 11.8 Å². The van der Waals surface area contributed by atoms with Gasteiger partial charge in [0.25, 0.3) is 5.91 Å². The van der Waals surface area contributed by atoms with Gasteiger partial charge in [-0.1, -0.05) is 6.07 Å². The van der Waals surface area contributed by atoms with E-state index in [1.807, 2.05) is 6.07 Å². The highest BCUT2D eigenvalue weighted by Crippen LogP contribution is 2.39. The lowest BCUT2D eigenvalue weighted by Gasteiger charge is -2.45. The van der Waals surface area contributed by atoms with Crippen molar-refractivity contribution in [2.75, 3.05) is 31.1 Å². The third-order valence-electron chi connectivity index (χ3n) is 5.76. The Hall–Kier alpha value is -3.28. The molecule has 9 heteroatoms. The van der Waals surface area contributed by atoms with Crippen LogP contribution in [0.2, 0.25) is 0 Å². The van der Waals surface area contributed by atoms with E-state index in [1.54, 1.807) is 40.1 Å². The number of hydrogen-bond donors (Lipinski definition) is 0. The molecule has 0 atom stereocenters. The normalized spacial score (nSPS) is 18.1. The second kappa shape index (κ2) is 8.10. The molecule has 1 aliphatic carbocycles. The van der Waals surface area contributed by atoms with E-state index < -0.39 is 17.5 Å². The molecule has 1 saturated heterocycles. The molecule has 0 bridgehead atoms. The van der Waals surface area contributed by atoms with Crippen LogP contribution in [0.5, 0.6) is 5.75 Å². The van der Waals surface area contributed by atoms with Crippen LogP contribution < -0.4 is 9.64 Å². The first-order valence-electron chi connectivity index (χ1n) is 10.1. The van der Waals surface area contributed by atoms with Crippen molar-refractivity contribution < 1.29 is 22.7 Å². The summed E-state index contributed by atoms with van der Waals surface area (Å²) < 4.78 is 44.9. The number of ether oxygens (including phenoxy) is 1. The SMILES string of the molecule is N#Cc1ccc(OC2(C(=O)N3CCN(c4cccc(C(F)(F)F)n4)CC3)CCC2)cc1. The van der Waals surface area contributed by atoms with Gasteiger partial charge < -0.3 is 14.5 Å². The van der Waals surface area contributed by atoms with Crippen molar-refractivity contribution in [1.29, 1.82) is 5.26 Å². The average Bonchev–Trinajstić information content (AvgIpc) is 2.76. The minimum Gasteiger partial charge on any atom is -0.477 e. The first kappa shape index (κ1) is 21.0. The van der Waals surface area contributed by atoms with Crippen molar-refractivity contribution in [1.82, 2.24) is 9.88 Å². The maximum Gasteiger partial charge on any atom is 0.433 e. The lowest BCUT2D eigenvalue weighted by molar-refractivity contribution is -0.156. The van der Waals surface area contributed by atoms with E-state index in [0.29, 0.717) is 50.3 Å². The minimum absolute atomic E-state index is 0.0974. The summed E-state index contributed by atoms with van der Waals surface area (Å²) in [4.78, 5) is 20.4. The van der Waals surface area contributed by atoms with Gasteiger partial charge >= 0.3 is 6.18 Å². The van der Waals surface area contributed by atoms with Crippen LogP contribution in [-0.4, -0.2) is 47.6 Å². The Morgan fingerprint density at radius 2 is 1.74 bits per heavy atom. The Bertz CT molecular complexity index is 989. The zero-order valence-electron chi connectivity index (χ0n) is 16.7. The van der Waals surface area contributed by atoms with Crippen molar-refractivity contribution in [3.63, 3.8) is 0 Å². The molecule has 2 aromatic rings. The minimum atomic E-state index is -4.49. The van der Waals surface area contributed by atoms with Gasteiger partial charge in [0.2, 0.25) is 0 Å². The second-order valence-electron chi connectivity index (χ2n) is 7.74. The van der Waals surface area contributed by atoms with Crippen molar-refractivity contribution in [2.45, 2.75) is 31.0 Å². The fourth-order valence-electron chi connectivity index (χ4n) is 3.86. The molecule has 2 aliphatic rings. The molecule has 1 aromatic heterocycles. The van der Waals surface area contributed by atoms with Gasteiger partial charge in [0.05, 0.1) is 11.6 Å². The highest BCUT2D eigenvalue weighted by atomic mass is 19.4. The Morgan fingerprint density at radius 3 is 2.29 bits per heavy atom. The molecule has 0 N–H and O–H groups in total. The van der Waals surface area contributed by atoms with Gasteiger partial charge in [0.15, 0.2) is 5.60 Å². The number of alkyl halides is 3. The fraction of sp³-hybridized carbons (Fsp3) is 0.409. The molecule has 162 valence electrons. The summed E-state index contributed by atoms with van der Waals surface area (Å²) in [5.74, 6) is 0.702.